The molecule has 1 amide bonds. The number of amides is 1. The molecule has 0 saturated carbocycles. The van der Waals surface area contributed by atoms with E-state index in [1.807, 2.05) is 27.7 Å². The van der Waals surface area contributed by atoms with E-state index in [4.69, 9.17) is 9.15 Å². The number of hydrogen-bond donors (Lipinski definition) is 0. The van der Waals surface area contributed by atoms with E-state index in [9.17, 15) is 9.59 Å². The molecule has 2 rings (SSSR count). The Hall–Kier alpha value is -1.78. The Kier molecular flexibility index (Phi) is 4.94. The van der Waals surface area contributed by atoms with Crippen LogP contribution in [0, 0.1) is 6.92 Å². The van der Waals surface area contributed by atoms with E-state index in [1.54, 1.807) is 17.0 Å². The molecule has 5 nitrogen and oxygen atoms in total. The molecule has 1 atom stereocenters. The van der Waals surface area contributed by atoms with E-state index in [-0.39, 0.29) is 24.3 Å². The van der Waals surface area contributed by atoms with Crippen molar-refractivity contribution in [3.8, 4) is 0 Å². The van der Waals surface area contributed by atoms with Gasteiger partial charge in [-0.25, -0.2) is 4.79 Å². The molecule has 0 bridgehead atoms. The van der Waals surface area contributed by atoms with E-state index in [2.05, 4.69) is 0 Å². The first-order valence-electron chi connectivity index (χ1n) is 7.85. The highest BCUT2D eigenvalue weighted by Gasteiger charge is 2.32. The normalized spacial score (nSPS) is 19.1. The number of ether oxygens (including phenoxy) is 1. The van der Waals surface area contributed by atoms with Crippen LogP contribution in [-0.2, 0) is 4.74 Å². The van der Waals surface area contributed by atoms with Crippen molar-refractivity contribution < 1.29 is 18.7 Å². The van der Waals surface area contributed by atoms with Crippen molar-refractivity contribution in [3.63, 3.8) is 0 Å². The molecule has 0 N–H and O–H groups in total. The Balaban J connectivity index is 2.03. The zero-order chi connectivity index (χ0) is 16.3. The topological polar surface area (TPSA) is 59.8 Å². The van der Waals surface area contributed by atoms with Crippen LogP contribution in [0.25, 0.3) is 0 Å². The van der Waals surface area contributed by atoms with Crippen LogP contribution in [0.3, 0.4) is 0 Å². The van der Waals surface area contributed by atoms with Gasteiger partial charge in [0.05, 0.1) is 0 Å². The Morgan fingerprint density at radius 2 is 2.05 bits per heavy atom. The average Bonchev–Trinajstić information content (AvgIpc) is 2.84. The van der Waals surface area contributed by atoms with Crippen LogP contribution in [0.4, 0.5) is 4.79 Å². The molecular weight excluding hydrogens is 282 g/mol. The van der Waals surface area contributed by atoms with Crippen molar-refractivity contribution >= 4 is 11.9 Å². The van der Waals surface area contributed by atoms with E-state index >= 15 is 0 Å². The highest BCUT2D eigenvalue weighted by molar-refractivity contribution is 5.94. The number of ketones is 1. The van der Waals surface area contributed by atoms with Crippen molar-refractivity contribution in [1.82, 2.24) is 4.90 Å². The van der Waals surface area contributed by atoms with Gasteiger partial charge < -0.3 is 14.1 Å². The molecule has 1 aliphatic heterocycles. The van der Waals surface area contributed by atoms with Crippen LogP contribution in [0.1, 0.15) is 62.8 Å². The summed E-state index contributed by atoms with van der Waals surface area (Å²) < 4.78 is 10.8. The van der Waals surface area contributed by atoms with Gasteiger partial charge >= 0.3 is 6.09 Å². The minimum absolute atomic E-state index is 0.0615. The van der Waals surface area contributed by atoms with Gasteiger partial charge in [-0.3, -0.25) is 4.79 Å². The number of furan rings is 1. The fourth-order valence-electron chi connectivity index (χ4n) is 2.67. The van der Waals surface area contributed by atoms with Crippen LogP contribution >= 0.6 is 0 Å². The number of Topliss-reactive ketones (excluding diaryl/α,β-unsaturated/α-hetero) is 1. The van der Waals surface area contributed by atoms with E-state index in [1.165, 1.54) is 0 Å². The largest absolute Gasteiger partial charge is 0.458 e. The highest BCUT2D eigenvalue weighted by Crippen LogP contribution is 2.24. The predicted octanol–water partition coefficient (Wildman–Crippen LogP) is 3.95. The summed E-state index contributed by atoms with van der Waals surface area (Å²) in [5.74, 6) is 1.02. The zero-order valence-corrected chi connectivity index (χ0v) is 13.8. The molecule has 1 fully saturated rings. The van der Waals surface area contributed by atoms with Gasteiger partial charge in [0.25, 0.3) is 0 Å². The quantitative estimate of drug-likeness (QED) is 0.793. The molecule has 2 heterocycles. The molecule has 0 radical (unpaired) electrons. The summed E-state index contributed by atoms with van der Waals surface area (Å²) in [5, 5.41) is 0. The Labute approximate surface area is 131 Å². The molecule has 1 unspecified atom stereocenters. The molecule has 22 heavy (non-hydrogen) atoms. The molecule has 1 aliphatic rings. The molecule has 0 aliphatic carbocycles. The first kappa shape index (κ1) is 16.6. The SMILES string of the molecule is Cc1ccc(C(=O)CC2CCCCN2C(=O)OC(C)(C)C)o1. The van der Waals surface area contributed by atoms with Crippen molar-refractivity contribution in [2.45, 2.75) is 65.0 Å². The lowest BCUT2D eigenvalue weighted by Crippen LogP contribution is -2.46. The lowest BCUT2D eigenvalue weighted by Gasteiger charge is -2.36. The summed E-state index contributed by atoms with van der Waals surface area (Å²) in [6.07, 6.45) is 2.75. The first-order valence-corrected chi connectivity index (χ1v) is 7.85. The Morgan fingerprint density at radius 1 is 1.32 bits per heavy atom. The monoisotopic (exact) mass is 307 g/mol. The number of aryl methyl sites for hydroxylation is 1. The fraction of sp³-hybridized carbons (Fsp3) is 0.647. The second kappa shape index (κ2) is 6.55. The summed E-state index contributed by atoms with van der Waals surface area (Å²) in [5.41, 5.74) is -0.527. The number of nitrogens with zero attached hydrogens (tertiary/aromatic N) is 1. The number of rotatable bonds is 3. The zero-order valence-electron chi connectivity index (χ0n) is 13.8. The number of piperidine rings is 1. The van der Waals surface area contributed by atoms with Gasteiger partial charge in [-0.2, -0.15) is 0 Å². The molecule has 5 heteroatoms. The van der Waals surface area contributed by atoms with Gasteiger partial charge in [0.2, 0.25) is 0 Å². The van der Waals surface area contributed by atoms with Crippen molar-refractivity contribution in [3.05, 3.63) is 23.7 Å². The summed E-state index contributed by atoms with van der Waals surface area (Å²) in [7, 11) is 0. The maximum Gasteiger partial charge on any atom is 0.410 e. The number of carbonyl (C=O) groups excluding carboxylic acids is 2. The smallest absolute Gasteiger partial charge is 0.410 e. The van der Waals surface area contributed by atoms with Gasteiger partial charge in [0.1, 0.15) is 11.4 Å². The number of likely N-dealkylation sites (tertiary alicyclic amines) is 1. The lowest BCUT2D eigenvalue weighted by atomic mass is 9.97. The second-order valence-corrected chi connectivity index (χ2v) is 6.86. The van der Waals surface area contributed by atoms with Crippen molar-refractivity contribution in [1.29, 1.82) is 0 Å². The number of hydrogen-bond acceptors (Lipinski definition) is 4. The summed E-state index contributed by atoms with van der Waals surface area (Å²) in [4.78, 5) is 26.3. The predicted molar refractivity (Wildman–Crippen MR) is 83.0 cm³/mol. The van der Waals surface area contributed by atoms with Crippen LogP contribution in [0.2, 0.25) is 0 Å². The minimum Gasteiger partial charge on any atom is -0.458 e. The van der Waals surface area contributed by atoms with Gasteiger partial charge in [0, 0.05) is 19.0 Å². The number of carbonyl (C=O) groups is 2. The maximum absolute atomic E-state index is 12.3. The third kappa shape index (κ3) is 4.36. The molecule has 1 aromatic heterocycles. The standard InChI is InChI=1S/C17H25NO4/c1-12-8-9-15(21-12)14(19)11-13-7-5-6-10-18(13)16(20)22-17(2,3)4/h8-9,13H,5-7,10-11H2,1-4H3. The fourth-order valence-corrected chi connectivity index (χ4v) is 2.67. The van der Waals surface area contributed by atoms with E-state index in [0.717, 1.165) is 25.0 Å². The molecule has 1 saturated heterocycles. The molecule has 1 aromatic rings. The van der Waals surface area contributed by atoms with Crippen LogP contribution in [0.15, 0.2) is 16.5 Å². The van der Waals surface area contributed by atoms with E-state index in [0.29, 0.717) is 12.3 Å². The van der Waals surface area contributed by atoms with Gasteiger partial charge in [-0.1, -0.05) is 0 Å². The molecule has 0 aromatic carbocycles. The Morgan fingerprint density at radius 3 is 2.64 bits per heavy atom. The molecule has 0 spiro atoms. The lowest BCUT2D eigenvalue weighted by molar-refractivity contribution is 0.00934. The van der Waals surface area contributed by atoms with Gasteiger partial charge in [-0.05, 0) is 59.1 Å². The van der Waals surface area contributed by atoms with Crippen molar-refractivity contribution in [2.75, 3.05) is 6.54 Å². The van der Waals surface area contributed by atoms with Crippen LogP contribution in [-0.4, -0.2) is 35.0 Å². The van der Waals surface area contributed by atoms with Crippen LogP contribution < -0.4 is 0 Å². The Bertz CT molecular complexity index is 541. The third-order valence-electron chi connectivity index (χ3n) is 3.69. The second-order valence-electron chi connectivity index (χ2n) is 6.86. The summed E-state index contributed by atoms with van der Waals surface area (Å²) in [6, 6.07) is 3.36. The minimum atomic E-state index is -0.527. The summed E-state index contributed by atoms with van der Waals surface area (Å²) >= 11 is 0. The van der Waals surface area contributed by atoms with Gasteiger partial charge in [0.15, 0.2) is 11.5 Å². The maximum atomic E-state index is 12.3. The van der Waals surface area contributed by atoms with Gasteiger partial charge in [-0.15, -0.1) is 0 Å². The first-order chi connectivity index (χ1) is 10.3. The highest BCUT2D eigenvalue weighted by atomic mass is 16.6. The summed E-state index contributed by atoms with van der Waals surface area (Å²) in [6.45, 7) is 8.00. The van der Waals surface area contributed by atoms with Crippen molar-refractivity contribution in [2.24, 2.45) is 0 Å². The molecular formula is C17H25NO4. The average molecular weight is 307 g/mol. The molecule has 122 valence electrons. The van der Waals surface area contributed by atoms with E-state index < -0.39 is 5.60 Å². The van der Waals surface area contributed by atoms with Crippen LogP contribution in [0.5, 0.6) is 0 Å². The third-order valence-corrected chi connectivity index (χ3v) is 3.69.